The fourth-order valence-corrected chi connectivity index (χ4v) is 1.25. The van der Waals surface area contributed by atoms with Crippen LogP contribution in [0.2, 0.25) is 0 Å². The molecule has 0 aliphatic heterocycles. The average molecular weight is 254 g/mol. The zero-order valence-corrected chi connectivity index (χ0v) is 10.3. The third-order valence-electron chi connectivity index (χ3n) is 2.24. The van der Waals surface area contributed by atoms with Crippen molar-refractivity contribution >= 4 is 11.9 Å². The molecule has 0 fully saturated rings. The van der Waals surface area contributed by atoms with Gasteiger partial charge in [-0.25, -0.2) is 9.59 Å². The molecule has 1 aromatic rings. The molecule has 1 unspecified atom stereocenters. The van der Waals surface area contributed by atoms with Gasteiger partial charge in [0.2, 0.25) is 0 Å². The first-order chi connectivity index (χ1) is 8.49. The maximum atomic E-state index is 11.3. The number of methoxy groups -OCH3 is 2. The summed E-state index contributed by atoms with van der Waals surface area (Å²) in [4.78, 5) is 22.0. The van der Waals surface area contributed by atoms with Gasteiger partial charge in [-0.3, -0.25) is 0 Å². The summed E-state index contributed by atoms with van der Waals surface area (Å²) in [6.45, 7) is 1.40. The van der Waals surface area contributed by atoms with Crippen LogP contribution >= 0.6 is 0 Å². The molecule has 1 aromatic carbocycles. The van der Waals surface area contributed by atoms with Gasteiger partial charge in [0.1, 0.15) is 0 Å². The minimum atomic E-state index is -1.09. The first-order valence-corrected chi connectivity index (χ1v) is 5.15. The number of rotatable bonds is 5. The molecule has 1 N–H and O–H groups in total. The number of hydrogen-bond donors (Lipinski definition) is 1. The van der Waals surface area contributed by atoms with Gasteiger partial charge in [-0.2, -0.15) is 0 Å². The fourth-order valence-electron chi connectivity index (χ4n) is 1.25. The number of hydrogen-bond acceptors (Lipinski definition) is 5. The van der Waals surface area contributed by atoms with Crippen molar-refractivity contribution in [2.45, 2.75) is 13.0 Å². The third-order valence-corrected chi connectivity index (χ3v) is 2.24. The van der Waals surface area contributed by atoms with Crippen LogP contribution in [-0.2, 0) is 9.53 Å². The Kier molecular flexibility index (Phi) is 4.53. The second-order valence-corrected chi connectivity index (χ2v) is 3.46. The Hall–Kier alpha value is -2.24. The first kappa shape index (κ1) is 13.8. The average Bonchev–Trinajstić information content (AvgIpc) is 2.37. The van der Waals surface area contributed by atoms with E-state index >= 15 is 0 Å². The molecule has 0 spiro atoms. The lowest BCUT2D eigenvalue weighted by Crippen LogP contribution is -2.23. The van der Waals surface area contributed by atoms with Crippen LogP contribution in [0.1, 0.15) is 17.3 Å². The summed E-state index contributed by atoms with van der Waals surface area (Å²) >= 11 is 0. The number of esters is 1. The molecular weight excluding hydrogens is 240 g/mol. The molecule has 0 aliphatic carbocycles. The van der Waals surface area contributed by atoms with E-state index in [2.05, 4.69) is 4.74 Å². The second-order valence-electron chi connectivity index (χ2n) is 3.46. The molecule has 6 heteroatoms. The van der Waals surface area contributed by atoms with Crippen molar-refractivity contribution in [3.05, 3.63) is 23.8 Å². The predicted molar refractivity (Wildman–Crippen MR) is 62.1 cm³/mol. The molecule has 0 saturated carbocycles. The van der Waals surface area contributed by atoms with Gasteiger partial charge in [0.05, 0.1) is 19.8 Å². The molecular formula is C12H14O6. The van der Waals surface area contributed by atoms with Crippen molar-refractivity contribution in [2.24, 2.45) is 0 Å². The van der Waals surface area contributed by atoms with Crippen LogP contribution < -0.4 is 9.47 Å². The Morgan fingerprint density at radius 2 is 1.89 bits per heavy atom. The van der Waals surface area contributed by atoms with Crippen LogP contribution in [0.25, 0.3) is 0 Å². The molecule has 0 saturated heterocycles. The van der Waals surface area contributed by atoms with E-state index in [0.29, 0.717) is 5.56 Å². The van der Waals surface area contributed by atoms with Crippen LogP contribution in [0.5, 0.6) is 11.5 Å². The van der Waals surface area contributed by atoms with Crippen molar-refractivity contribution in [1.82, 2.24) is 0 Å². The molecule has 0 aromatic heterocycles. The lowest BCUT2D eigenvalue weighted by atomic mass is 10.2. The van der Waals surface area contributed by atoms with Crippen LogP contribution in [0.4, 0.5) is 0 Å². The fraction of sp³-hybridized carbons (Fsp3) is 0.333. The molecule has 1 rings (SSSR count). The van der Waals surface area contributed by atoms with E-state index in [4.69, 9.17) is 14.6 Å². The van der Waals surface area contributed by atoms with Gasteiger partial charge >= 0.3 is 11.9 Å². The van der Waals surface area contributed by atoms with Gasteiger partial charge in [-0.15, -0.1) is 0 Å². The Bertz CT molecular complexity index is 454. The van der Waals surface area contributed by atoms with E-state index in [1.807, 2.05) is 0 Å². The summed E-state index contributed by atoms with van der Waals surface area (Å²) in [6.07, 6.45) is -1.01. The summed E-state index contributed by atoms with van der Waals surface area (Å²) in [5.74, 6) is -1.08. The summed E-state index contributed by atoms with van der Waals surface area (Å²) in [5, 5.41) is 8.75. The molecule has 0 heterocycles. The molecule has 0 radical (unpaired) electrons. The molecule has 0 bridgehead atoms. The Morgan fingerprint density at radius 3 is 2.39 bits per heavy atom. The molecule has 6 nitrogen and oxygen atoms in total. The van der Waals surface area contributed by atoms with Gasteiger partial charge in [0.25, 0.3) is 0 Å². The predicted octanol–water partition coefficient (Wildman–Crippen LogP) is 1.33. The van der Waals surface area contributed by atoms with Gasteiger partial charge in [0, 0.05) is 0 Å². The molecule has 1 atom stereocenters. The van der Waals surface area contributed by atoms with Crippen molar-refractivity contribution in [2.75, 3.05) is 14.2 Å². The maximum absolute atomic E-state index is 11.3. The van der Waals surface area contributed by atoms with Crippen LogP contribution in [0.15, 0.2) is 18.2 Å². The van der Waals surface area contributed by atoms with Gasteiger partial charge in [-0.05, 0) is 25.1 Å². The number of benzene rings is 1. The highest BCUT2D eigenvalue weighted by Crippen LogP contribution is 2.29. The van der Waals surface area contributed by atoms with Crippen LogP contribution in [0.3, 0.4) is 0 Å². The number of carbonyl (C=O) groups excluding carboxylic acids is 1. The van der Waals surface area contributed by atoms with Crippen LogP contribution in [0, 0.1) is 0 Å². The summed E-state index contributed by atoms with van der Waals surface area (Å²) in [5.41, 5.74) is 0.296. The van der Waals surface area contributed by atoms with E-state index in [-0.39, 0.29) is 11.5 Å². The van der Waals surface area contributed by atoms with Crippen molar-refractivity contribution in [1.29, 1.82) is 0 Å². The van der Waals surface area contributed by atoms with E-state index in [1.165, 1.54) is 39.3 Å². The highest BCUT2D eigenvalue weighted by atomic mass is 16.5. The quantitative estimate of drug-likeness (QED) is 0.798. The van der Waals surface area contributed by atoms with Crippen molar-refractivity contribution in [3.63, 3.8) is 0 Å². The van der Waals surface area contributed by atoms with E-state index < -0.39 is 18.0 Å². The summed E-state index contributed by atoms with van der Waals surface area (Å²) < 4.78 is 14.8. The number of carboxylic acid groups (broad SMARTS) is 1. The number of aliphatic carboxylic acids is 1. The third kappa shape index (κ3) is 3.13. The van der Waals surface area contributed by atoms with Gasteiger partial charge in [0.15, 0.2) is 17.6 Å². The summed E-state index contributed by atoms with van der Waals surface area (Å²) in [7, 11) is 2.67. The van der Waals surface area contributed by atoms with Crippen LogP contribution in [-0.4, -0.2) is 37.4 Å². The zero-order chi connectivity index (χ0) is 13.7. The van der Waals surface area contributed by atoms with Crippen molar-refractivity contribution < 1.29 is 28.9 Å². The SMILES string of the molecule is COC(=O)c1ccc(OC(C)C(=O)O)c(OC)c1. The molecule has 0 amide bonds. The van der Waals surface area contributed by atoms with Crippen molar-refractivity contribution in [3.8, 4) is 11.5 Å². The summed E-state index contributed by atoms with van der Waals surface area (Å²) in [6, 6.07) is 4.36. The molecule has 98 valence electrons. The maximum Gasteiger partial charge on any atom is 0.344 e. The zero-order valence-electron chi connectivity index (χ0n) is 10.3. The van der Waals surface area contributed by atoms with E-state index in [0.717, 1.165) is 0 Å². The molecule has 0 aliphatic rings. The lowest BCUT2D eigenvalue weighted by Gasteiger charge is -2.14. The standard InChI is InChI=1S/C12H14O6/c1-7(11(13)14)18-9-5-4-8(12(15)17-3)6-10(9)16-2/h4-7H,1-3H3,(H,13,14). The highest BCUT2D eigenvalue weighted by Gasteiger charge is 2.17. The Morgan fingerprint density at radius 1 is 1.22 bits per heavy atom. The number of ether oxygens (including phenoxy) is 3. The smallest absolute Gasteiger partial charge is 0.344 e. The number of carboxylic acids is 1. The first-order valence-electron chi connectivity index (χ1n) is 5.15. The normalized spacial score (nSPS) is 11.5. The second kappa shape index (κ2) is 5.90. The van der Waals surface area contributed by atoms with E-state index in [1.54, 1.807) is 0 Å². The highest BCUT2D eigenvalue weighted by molar-refractivity contribution is 5.90. The lowest BCUT2D eigenvalue weighted by molar-refractivity contribution is -0.144. The number of carbonyl (C=O) groups is 2. The topological polar surface area (TPSA) is 82.1 Å². The monoisotopic (exact) mass is 254 g/mol. The molecule has 18 heavy (non-hydrogen) atoms. The van der Waals surface area contributed by atoms with E-state index in [9.17, 15) is 9.59 Å². The minimum absolute atomic E-state index is 0.250. The van der Waals surface area contributed by atoms with Gasteiger partial charge < -0.3 is 19.3 Å². The van der Waals surface area contributed by atoms with Gasteiger partial charge in [-0.1, -0.05) is 0 Å². The Balaban J connectivity index is 3.00. The largest absolute Gasteiger partial charge is 0.493 e. The minimum Gasteiger partial charge on any atom is -0.493 e. The Labute approximate surface area is 104 Å².